The van der Waals surface area contributed by atoms with Crippen LogP contribution in [0, 0.1) is 6.92 Å². The lowest BCUT2D eigenvalue weighted by Gasteiger charge is -2.26. The molecule has 2 aliphatic rings. The van der Waals surface area contributed by atoms with Crippen molar-refractivity contribution in [2.24, 2.45) is 0 Å². The van der Waals surface area contributed by atoms with Crippen LogP contribution in [0.5, 0.6) is 0 Å². The summed E-state index contributed by atoms with van der Waals surface area (Å²) in [7, 11) is 0. The zero-order valence-corrected chi connectivity index (χ0v) is 10.1. The van der Waals surface area contributed by atoms with Crippen molar-refractivity contribution in [3.05, 3.63) is 29.8 Å². The fraction of sp³-hybridized carbons (Fsp3) is 0.385. The van der Waals surface area contributed by atoms with E-state index in [4.69, 9.17) is 4.74 Å². The molecule has 2 aliphatic heterocycles. The van der Waals surface area contributed by atoms with Crippen molar-refractivity contribution in [3.8, 4) is 0 Å². The van der Waals surface area contributed by atoms with E-state index in [1.807, 2.05) is 31.2 Å². The number of aryl methyl sites for hydroxylation is 1. The molecule has 1 aromatic rings. The number of nitrogens with one attached hydrogen (secondary N) is 1. The maximum Gasteiger partial charge on any atom is 0.329 e. The molecule has 2 bridgehead atoms. The maximum absolute atomic E-state index is 12.1. The Kier molecular flexibility index (Phi) is 2.47. The van der Waals surface area contributed by atoms with E-state index in [0.717, 1.165) is 11.3 Å². The zero-order valence-electron chi connectivity index (χ0n) is 10.1. The molecule has 2 heterocycles. The predicted molar refractivity (Wildman–Crippen MR) is 65.2 cm³/mol. The highest BCUT2D eigenvalue weighted by Gasteiger charge is 2.48. The van der Waals surface area contributed by atoms with Crippen molar-refractivity contribution in [3.63, 3.8) is 0 Å². The Bertz CT molecular complexity index is 515. The highest BCUT2D eigenvalue weighted by molar-refractivity contribution is 5.94. The number of hydrogen-bond acceptors (Lipinski definition) is 3. The van der Waals surface area contributed by atoms with Crippen LogP contribution in [0.4, 0.5) is 10.5 Å². The van der Waals surface area contributed by atoms with Crippen molar-refractivity contribution in [2.75, 3.05) is 11.9 Å². The largest absolute Gasteiger partial charge is 0.459 e. The molecule has 2 fully saturated rings. The molecular weight excluding hydrogens is 232 g/mol. The van der Waals surface area contributed by atoms with Gasteiger partial charge in [0.15, 0.2) is 0 Å². The minimum atomic E-state index is -0.404. The van der Waals surface area contributed by atoms with Crippen molar-refractivity contribution >= 4 is 17.7 Å². The summed E-state index contributed by atoms with van der Waals surface area (Å²) < 4.78 is 5.05. The van der Waals surface area contributed by atoms with Gasteiger partial charge in [0, 0.05) is 12.1 Å². The van der Waals surface area contributed by atoms with Crippen molar-refractivity contribution in [1.82, 2.24) is 4.90 Å². The Labute approximate surface area is 105 Å². The van der Waals surface area contributed by atoms with Gasteiger partial charge in [-0.25, -0.2) is 9.59 Å². The van der Waals surface area contributed by atoms with Crippen LogP contribution in [0.1, 0.15) is 12.0 Å². The second-order valence-electron chi connectivity index (χ2n) is 4.71. The van der Waals surface area contributed by atoms with Gasteiger partial charge in [-0.15, -0.1) is 0 Å². The molecule has 0 aromatic heterocycles. The van der Waals surface area contributed by atoms with E-state index in [9.17, 15) is 9.59 Å². The summed E-state index contributed by atoms with van der Waals surface area (Å²) in [4.78, 5) is 25.1. The molecular formula is C13H14N2O3. The molecule has 1 N–H and O–H groups in total. The number of ether oxygens (including phenoxy) is 1. The van der Waals surface area contributed by atoms with Crippen molar-refractivity contribution < 1.29 is 14.3 Å². The van der Waals surface area contributed by atoms with Crippen LogP contribution < -0.4 is 5.32 Å². The number of para-hydroxylation sites is 1. The molecule has 2 amide bonds. The number of benzene rings is 1. The van der Waals surface area contributed by atoms with E-state index in [2.05, 4.69) is 5.32 Å². The number of carbonyl (C=O) groups is 2. The van der Waals surface area contributed by atoms with E-state index in [1.165, 1.54) is 0 Å². The highest BCUT2D eigenvalue weighted by Crippen LogP contribution is 2.29. The second-order valence-corrected chi connectivity index (χ2v) is 4.71. The van der Waals surface area contributed by atoms with E-state index >= 15 is 0 Å². The van der Waals surface area contributed by atoms with Gasteiger partial charge in [0.25, 0.3) is 0 Å². The average molecular weight is 246 g/mol. The van der Waals surface area contributed by atoms with E-state index in [1.54, 1.807) is 4.90 Å². The first-order valence-corrected chi connectivity index (χ1v) is 5.99. The number of carbonyl (C=O) groups excluding carboxylic acids is 2. The molecule has 3 rings (SSSR count). The number of morpholine rings is 1. The number of likely N-dealkylation sites (tertiary alicyclic amines) is 1. The molecule has 0 aliphatic carbocycles. The van der Waals surface area contributed by atoms with Gasteiger partial charge in [0.1, 0.15) is 12.1 Å². The van der Waals surface area contributed by atoms with E-state index in [-0.39, 0.29) is 18.1 Å². The smallest absolute Gasteiger partial charge is 0.329 e. The lowest BCUT2D eigenvalue weighted by atomic mass is 10.2. The third-order valence-corrected chi connectivity index (χ3v) is 3.47. The number of amides is 2. The summed E-state index contributed by atoms with van der Waals surface area (Å²) in [5.74, 6) is -0.286. The molecule has 0 radical (unpaired) electrons. The molecule has 0 saturated carbocycles. The summed E-state index contributed by atoms with van der Waals surface area (Å²) in [5.41, 5.74) is 1.77. The van der Waals surface area contributed by atoms with E-state index < -0.39 is 6.04 Å². The van der Waals surface area contributed by atoms with Gasteiger partial charge in [-0.3, -0.25) is 0 Å². The number of hydrogen-bond donors (Lipinski definition) is 1. The Hall–Kier alpha value is -2.04. The third-order valence-electron chi connectivity index (χ3n) is 3.47. The number of urea groups is 1. The summed E-state index contributed by atoms with van der Waals surface area (Å²) in [6, 6.07) is 6.93. The fourth-order valence-corrected chi connectivity index (χ4v) is 2.47. The van der Waals surface area contributed by atoms with Crippen molar-refractivity contribution in [2.45, 2.75) is 25.5 Å². The van der Waals surface area contributed by atoms with Gasteiger partial charge in [0.05, 0.1) is 6.54 Å². The number of esters is 1. The molecule has 94 valence electrons. The molecule has 2 unspecified atom stereocenters. The van der Waals surface area contributed by atoms with E-state index in [0.29, 0.717) is 13.0 Å². The van der Waals surface area contributed by atoms with Crippen molar-refractivity contribution in [1.29, 1.82) is 0 Å². The lowest BCUT2D eigenvalue weighted by Crippen LogP contribution is -2.46. The van der Waals surface area contributed by atoms with Crippen LogP contribution in [0.2, 0.25) is 0 Å². The number of rotatable bonds is 1. The number of nitrogens with zero attached hydrogens (tertiary/aromatic N) is 1. The first kappa shape index (κ1) is 11.1. The summed E-state index contributed by atoms with van der Waals surface area (Å²) in [5, 5.41) is 2.84. The molecule has 0 spiro atoms. The molecule has 1 aromatic carbocycles. The predicted octanol–water partition coefficient (Wildman–Crippen LogP) is 1.53. The standard InChI is InChI=1S/C13H14N2O3/c1-8-4-2-3-5-10(8)14-13(17)15-7-9-6-11(15)12(16)18-9/h2-5,9,11H,6-7H2,1H3,(H,14,17). The lowest BCUT2D eigenvalue weighted by molar-refractivity contribution is -0.149. The normalized spacial score (nSPS) is 25.2. The molecule has 2 saturated heterocycles. The van der Waals surface area contributed by atoms with Gasteiger partial charge in [-0.05, 0) is 18.6 Å². The van der Waals surface area contributed by atoms with Crippen LogP contribution in [-0.2, 0) is 9.53 Å². The van der Waals surface area contributed by atoms with Gasteiger partial charge in [-0.1, -0.05) is 18.2 Å². The molecule has 18 heavy (non-hydrogen) atoms. The first-order valence-electron chi connectivity index (χ1n) is 5.99. The monoisotopic (exact) mass is 246 g/mol. The zero-order chi connectivity index (χ0) is 12.7. The Morgan fingerprint density at radius 1 is 1.44 bits per heavy atom. The Morgan fingerprint density at radius 2 is 2.22 bits per heavy atom. The van der Waals surface area contributed by atoms with Gasteiger partial charge in [-0.2, -0.15) is 0 Å². The van der Waals surface area contributed by atoms with Crippen LogP contribution in [-0.4, -0.2) is 35.6 Å². The molecule has 5 nitrogen and oxygen atoms in total. The second kappa shape index (κ2) is 4.01. The summed E-state index contributed by atoms with van der Waals surface area (Å²) in [6.45, 7) is 2.42. The first-order chi connectivity index (χ1) is 8.65. The van der Waals surface area contributed by atoms with Crippen LogP contribution in [0.3, 0.4) is 0 Å². The SMILES string of the molecule is Cc1ccccc1NC(=O)N1CC2CC1C(=O)O2. The fourth-order valence-electron chi connectivity index (χ4n) is 2.47. The van der Waals surface area contributed by atoms with Crippen LogP contribution in [0.25, 0.3) is 0 Å². The van der Waals surface area contributed by atoms with Crippen LogP contribution in [0.15, 0.2) is 24.3 Å². The molecule has 2 atom stereocenters. The van der Waals surface area contributed by atoms with Gasteiger partial charge >= 0.3 is 12.0 Å². The number of anilines is 1. The average Bonchev–Trinajstić information content (AvgIpc) is 2.90. The Balaban J connectivity index is 1.73. The summed E-state index contributed by atoms with van der Waals surface area (Å²) >= 11 is 0. The highest BCUT2D eigenvalue weighted by atomic mass is 16.6. The van der Waals surface area contributed by atoms with Crippen LogP contribution >= 0.6 is 0 Å². The number of fused-ring (bicyclic) bond motifs is 2. The minimum absolute atomic E-state index is 0.120. The quantitative estimate of drug-likeness (QED) is 0.764. The molecule has 5 heteroatoms. The van der Waals surface area contributed by atoms with Gasteiger partial charge < -0.3 is 15.0 Å². The van der Waals surface area contributed by atoms with Gasteiger partial charge in [0.2, 0.25) is 0 Å². The maximum atomic E-state index is 12.1. The topological polar surface area (TPSA) is 58.6 Å². The minimum Gasteiger partial charge on any atom is -0.459 e. The Morgan fingerprint density at radius 3 is 2.89 bits per heavy atom. The summed E-state index contributed by atoms with van der Waals surface area (Å²) in [6.07, 6.45) is 0.505. The third kappa shape index (κ3) is 1.72.